The Hall–Kier alpha value is -2.70. The number of amides is 1. The van der Waals surface area contributed by atoms with Gasteiger partial charge in [-0.2, -0.15) is 0 Å². The highest BCUT2D eigenvalue weighted by Crippen LogP contribution is 2.19. The number of carboxylic acid groups (broad SMARTS) is 1. The zero-order valence-corrected chi connectivity index (χ0v) is 21.0. The van der Waals surface area contributed by atoms with Crippen LogP contribution in [-0.4, -0.2) is 61.8 Å². The topological polar surface area (TPSA) is 75.6 Å². The summed E-state index contributed by atoms with van der Waals surface area (Å²) in [5.74, 6) is -0.938. The van der Waals surface area contributed by atoms with Crippen molar-refractivity contribution in [3.05, 3.63) is 60.2 Å². The molecule has 0 aromatic heterocycles. The van der Waals surface area contributed by atoms with Crippen molar-refractivity contribution in [2.75, 3.05) is 34.3 Å². The third-order valence-electron chi connectivity index (χ3n) is 5.58. The molecule has 2 N–H and O–H groups in total. The maximum atomic E-state index is 12.2. The predicted octanol–water partition coefficient (Wildman–Crippen LogP) is 4.88. The second kappa shape index (κ2) is 14.5. The fraction of sp³-hybridized carbons (Fsp3) is 0.500. The van der Waals surface area contributed by atoms with Gasteiger partial charge in [0.15, 0.2) is 0 Å². The van der Waals surface area contributed by atoms with E-state index in [1.54, 1.807) is 0 Å². The lowest BCUT2D eigenvalue weighted by Gasteiger charge is -2.29. The van der Waals surface area contributed by atoms with Gasteiger partial charge in [0.05, 0.1) is 46.8 Å². The molecule has 0 aliphatic rings. The Balaban J connectivity index is 1.52. The molecule has 0 bridgehead atoms. The molecule has 186 valence electrons. The van der Waals surface area contributed by atoms with Crippen molar-refractivity contribution in [1.29, 1.82) is 0 Å². The molecule has 0 saturated carbocycles. The van der Waals surface area contributed by atoms with Gasteiger partial charge in [-0.15, -0.1) is 0 Å². The van der Waals surface area contributed by atoms with E-state index in [1.165, 1.54) is 16.7 Å². The Bertz CT molecular complexity index is 860. The number of nitrogens with one attached hydrogen (secondary N) is 1. The molecule has 6 heteroatoms. The molecule has 0 radical (unpaired) electrons. The number of carbonyl (C=O) groups is 2. The lowest BCUT2D eigenvalue weighted by atomic mass is 10.0. The molecular weight excluding hydrogens is 428 g/mol. The van der Waals surface area contributed by atoms with Crippen molar-refractivity contribution in [1.82, 2.24) is 5.32 Å². The number of hydrogen-bond acceptors (Lipinski definition) is 3. The quantitative estimate of drug-likeness (QED) is 0.271. The van der Waals surface area contributed by atoms with Gasteiger partial charge < -0.3 is 19.6 Å². The molecule has 0 aliphatic carbocycles. The standard InChI is InChI=1S/C28H40N2O4/c1-30(2,3)21-26(20-28(32)33)29-27(31)14-10-5-4-6-11-19-34-22-23-15-17-25(18-16-23)24-12-8-7-9-13-24/h7-9,12-13,15-18,26H,4-6,10-11,14,19-22H2,1-3H3,(H-,29,31,32,33)/p+1. The normalized spacial score (nSPS) is 12.3. The van der Waals surface area contributed by atoms with Crippen molar-refractivity contribution in [2.45, 2.75) is 57.6 Å². The molecule has 0 heterocycles. The Labute approximate surface area is 204 Å². The SMILES string of the molecule is C[N+](C)(C)CC(CC(=O)O)NC(=O)CCCCCCCOCc1ccc(-c2ccccc2)cc1. The predicted molar refractivity (Wildman–Crippen MR) is 136 cm³/mol. The maximum absolute atomic E-state index is 12.2. The van der Waals surface area contributed by atoms with Crippen molar-refractivity contribution < 1.29 is 23.9 Å². The van der Waals surface area contributed by atoms with Crippen LogP contribution < -0.4 is 5.32 Å². The van der Waals surface area contributed by atoms with E-state index < -0.39 is 5.97 Å². The average Bonchev–Trinajstić information content (AvgIpc) is 2.77. The van der Waals surface area contributed by atoms with Gasteiger partial charge in [-0.1, -0.05) is 73.9 Å². The highest BCUT2D eigenvalue weighted by Gasteiger charge is 2.22. The molecule has 0 aliphatic heterocycles. The van der Waals surface area contributed by atoms with Gasteiger partial charge in [0.25, 0.3) is 0 Å². The summed E-state index contributed by atoms with van der Waals surface area (Å²) in [6.45, 7) is 1.96. The fourth-order valence-electron chi connectivity index (χ4n) is 3.97. The second-order valence-electron chi connectivity index (χ2n) is 9.97. The number of aliphatic carboxylic acids is 1. The van der Waals surface area contributed by atoms with Crippen molar-refractivity contribution in [3.63, 3.8) is 0 Å². The number of carbonyl (C=O) groups excluding carboxylic acids is 1. The number of hydrogen-bond donors (Lipinski definition) is 2. The van der Waals surface area contributed by atoms with Gasteiger partial charge in [-0.3, -0.25) is 9.59 Å². The minimum atomic E-state index is -0.884. The number of carboxylic acids is 1. The van der Waals surface area contributed by atoms with Crippen LogP contribution in [0.4, 0.5) is 0 Å². The van der Waals surface area contributed by atoms with Crippen LogP contribution in [-0.2, 0) is 20.9 Å². The summed E-state index contributed by atoms with van der Waals surface area (Å²) in [6, 6.07) is 18.5. The van der Waals surface area contributed by atoms with E-state index in [0.29, 0.717) is 24.1 Å². The van der Waals surface area contributed by atoms with Gasteiger partial charge >= 0.3 is 5.97 Å². The largest absolute Gasteiger partial charge is 0.481 e. The van der Waals surface area contributed by atoms with Crippen LogP contribution in [0.1, 0.15) is 50.5 Å². The average molecular weight is 470 g/mol. The first-order valence-electron chi connectivity index (χ1n) is 12.3. The minimum absolute atomic E-state index is 0.0432. The number of quaternary nitrogens is 1. The highest BCUT2D eigenvalue weighted by atomic mass is 16.5. The number of ether oxygens (including phenoxy) is 1. The number of benzene rings is 2. The first-order valence-corrected chi connectivity index (χ1v) is 12.3. The Morgan fingerprint density at radius 1 is 0.882 bits per heavy atom. The van der Waals surface area contributed by atoms with Crippen molar-refractivity contribution in [3.8, 4) is 11.1 Å². The van der Waals surface area contributed by atoms with Crippen LogP contribution in [0.15, 0.2) is 54.6 Å². The molecule has 2 aromatic rings. The lowest BCUT2D eigenvalue weighted by Crippen LogP contribution is -2.49. The monoisotopic (exact) mass is 469 g/mol. The van der Waals surface area contributed by atoms with Gasteiger partial charge in [0, 0.05) is 13.0 Å². The number of likely N-dealkylation sites (N-methyl/N-ethyl adjacent to an activating group) is 1. The maximum Gasteiger partial charge on any atom is 0.305 e. The Morgan fingerprint density at radius 3 is 2.15 bits per heavy atom. The zero-order valence-electron chi connectivity index (χ0n) is 21.0. The smallest absolute Gasteiger partial charge is 0.305 e. The van der Waals surface area contributed by atoms with Crippen LogP contribution in [0.25, 0.3) is 11.1 Å². The number of nitrogens with zero attached hydrogens (tertiary/aromatic N) is 1. The molecule has 0 spiro atoms. The van der Waals surface area contributed by atoms with E-state index in [9.17, 15) is 9.59 Å². The Morgan fingerprint density at radius 2 is 1.50 bits per heavy atom. The minimum Gasteiger partial charge on any atom is -0.481 e. The van der Waals surface area contributed by atoms with Crippen molar-refractivity contribution in [2.24, 2.45) is 0 Å². The molecule has 0 fully saturated rings. The summed E-state index contributed by atoms with van der Waals surface area (Å²) in [7, 11) is 5.98. The van der Waals surface area contributed by atoms with Crippen LogP contribution >= 0.6 is 0 Å². The first kappa shape index (κ1) is 27.5. The molecule has 2 aromatic carbocycles. The molecule has 1 atom stereocenters. The third kappa shape index (κ3) is 12.0. The molecule has 1 unspecified atom stereocenters. The summed E-state index contributed by atoms with van der Waals surface area (Å²) in [5, 5.41) is 12.0. The van der Waals surface area contributed by atoms with E-state index >= 15 is 0 Å². The Kier molecular flexibility index (Phi) is 11.8. The van der Waals surface area contributed by atoms with Gasteiger partial charge in [0.2, 0.25) is 5.91 Å². The zero-order chi connectivity index (χ0) is 24.8. The van der Waals surface area contributed by atoms with E-state index in [0.717, 1.165) is 38.7 Å². The van der Waals surface area contributed by atoms with Gasteiger partial charge in [0.1, 0.15) is 0 Å². The summed E-state index contributed by atoms with van der Waals surface area (Å²) in [6.07, 6.45) is 5.38. The van der Waals surface area contributed by atoms with Crippen LogP contribution in [0.3, 0.4) is 0 Å². The summed E-state index contributed by atoms with van der Waals surface area (Å²) in [5.41, 5.74) is 3.61. The summed E-state index contributed by atoms with van der Waals surface area (Å²) < 4.78 is 6.42. The third-order valence-corrected chi connectivity index (χ3v) is 5.58. The van der Waals surface area contributed by atoms with E-state index in [-0.39, 0.29) is 18.4 Å². The molecule has 6 nitrogen and oxygen atoms in total. The molecule has 2 rings (SSSR count). The lowest BCUT2D eigenvalue weighted by molar-refractivity contribution is -0.871. The molecule has 34 heavy (non-hydrogen) atoms. The van der Waals surface area contributed by atoms with Crippen LogP contribution in [0.2, 0.25) is 0 Å². The van der Waals surface area contributed by atoms with E-state index in [4.69, 9.17) is 9.84 Å². The molecular formula is C28H41N2O4+. The molecule has 0 saturated heterocycles. The first-order chi connectivity index (χ1) is 16.2. The number of rotatable bonds is 16. The highest BCUT2D eigenvalue weighted by molar-refractivity contribution is 5.77. The van der Waals surface area contributed by atoms with E-state index in [2.05, 4.69) is 41.7 Å². The van der Waals surface area contributed by atoms with Gasteiger partial charge in [-0.25, -0.2) is 0 Å². The van der Waals surface area contributed by atoms with Gasteiger partial charge in [-0.05, 0) is 29.5 Å². The molecule has 1 amide bonds. The van der Waals surface area contributed by atoms with Crippen molar-refractivity contribution >= 4 is 11.9 Å². The second-order valence-corrected chi connectivity index (χ2v) is 9.97. The number of unbranched alkanes of at least 4 members (excludes halogenated alkanes) is 4. The van der Waals surface area contributed by atoms with E-state index in [1.807, 2.05) is 39.3 Å². The van der Waals surface area contributed by atoms with Crippen LogP contribution in [0.5, 0.6) is 0 Å². The summed E-state index contributed by atoms with van der Waals surface area (Å²) >= 11 is 0. The fourth-order valence-corrected chi connectivity index (χ4v) is 3.97. The summed E-state index contributed by atoms with van der Waals surface area (Å²) in [4.78, 5) is 23.3. The van der Waals surface area contributed by atoms with Crippen LogP contribution in [0, 0.1) is 0 Å².